The third-order valence-electron chi connectivity index (χ3n) is 2.34. The van der Waals surface area contributed by atoms with E-state index in [1.165, 1.54) is 30.6 Å². The zero-order valence-corrected chi connectivity index (χ0v) is 11.6. The van der Waals surface area contributed by atoms with Crippen LogP contribution >= 0.6 is 15.9 Å². The van der Waals surface area contributed by atoms with E-state index < -0.39 is 4.92 Å². The number of phenolic OH excluding ortho intramolecular Hbond substituents is 1. The summed E-state index contributed by atoms with van der Waals surface area (Å²) in [4.78, 5) is 14.1. The minimum atomic E-state index is -0.540. The Bertz CT molecular complexity index is 676. The van der Waals surface area contributed by atoms with Crippen molar-refractivity contribution in [2.45, 2.75) is 0 Å². The van der Waals surface area contributed by atoms with E-state index in [9.17, 15) is 15.2 Å². The average Bonchev–Trinajstić information content (AvgIpc) is 2.43. The average molecular weight is 337 g/mol. The number of aromatic nitrogens is 1. The van der Waals surface area contributed by atoms with E-state index in [0.717, 1.165) is 0 Å². The van der Waals surface area contributed by atoms with Gasteiger partial charge in [-0.2, -0.15) is 5.10 Å². The van der Waals surface area contributed by atoms with E-state index in [1.807, 2.05) is 0 Å². The molecule has 0 amide bonds. The zero-order chi connectivity index (χ0) is 14.5. The van der Waals surface area contributed by atoms with E-state index >= 15 is 0 Å². The molecule has 0 saturated carbocycles. The number of benzene rings is 1. The molecule has 8 heteroatoms. The second-order valence-electron chi connectivity index (χ2n) is 3.71. The number of halogens is 1. The Balaban J connectivity index is 2.14. The van der Waals surface area contributed by atoms with Crippen molar-refractivity contribution in [1.29, 1.82) is 0 Å². The molecule has 0 unspecified atom stereocenters. The molecular weight excluding hydrogens is 328 g/mol. The van der Waals surface area contributed by atoms with Gasteiger partial charge < -0.3 is 5.11 Å². The van der Waals surface area contributed by atoms with Crippen LogP contribution in [0.4, 0.5) is 11.5 Å². The van der Waals surface area contributed by atoms with Crippen LogP contribution in [0.2, 0.25) is 0 Å². The number of nitro groups is 1. The lowest BCUT2D eigenvalue weighted by molar-refractivity contribution is -0.384. The molecular formula is C12H9BrN4O3. The Hall–Kier alpha value is -2.48. The predicted molar refractivity (Wildman–Crippen MR) is 77.9 cm³/mol. The van der Waals surface area contributed by atoms with E-state index in [2.05, 4.69) is 31.4 Å². The number of nitrogens with one attached hydrogen (secondary N) is 1. The molecule has 0 spiro atoms. The number of phenols is 1. The summed E-state index contributed by atoms with van der Waals surface area (Å²) in [5.41, 5.74) is 3.07. The summed E-state index contributed by atoms with van der Waals surface area (Å²) < 4.78 is 0.533. The first-order chi connectivity index (χ1) is 9.58. The molecule has 0 atom stereocenters. The van der Waals surface area contributed by atoms with Crippen molar-refractivity contribution in [2.24, 2.45) is 5.10 Å². The van der Waals surface area contributed by atoms with E-state index in [1.54, 1.807) is 12.1 Å². The zero-order valence-electron chi connectivity index (χ0n) is 10.0. The van der Waals surface area contributed by atoms with Gasteiger partial charge >= 0.3 is 5.69 Å². The van der Waals surface area contributed by atoms with Gasteiger partial charge in [0.05, 0.1) is 15.6 Å². The molecule has 2 aromatic rings. The van der Waals surface area contributed by atoms with Gasteiger partial charge in [-0.1, -0.05) is 0 Å². The molecule has 0 aliphatic rings. The summed E-state index contributed by atoms with van der Waals surface area (Å²) in [6.45, 7) is 0. The summed E-state index contributed by atoms with van der Waals surface area (Å²) >= 11 is 3.18. The maximum absolute atomic E-state index is 10.8. The van der Waals surface area contributed by atoms with Gasteiger partial charge in [-0.3, -0.25) is 15.5 Å². The molecule has 0 aliphatic carbocycles. The summed E-state index contributed by atoms with van der Waals surface area (Å²) in [5.74, 6) is 0.182. The summed E-state index contributed by atoms with van der Waals surface area (Å²) in [7, 11) is 0. The van der Waals surface area contributed by atoms with Crippen LogP contribution < -0.4 is 5.43 Å². The third kappa shape index (κ3) is 3.29. The van der Waals surface area contributed by atoms with Gasteiger partial charge in [0.2, 0.25) is 5.82 Å². The van der Waals surface area contributed by atoms with Crippen LogP contribution in [0, 0.1) is 10.1 Å². The largest absolute Gasteiger partial charge is 0.507 e. The van der Waals surface area contributed by atoms with Crippen LogP contribution in [-0.4, -0.2) is 21.2 Å². The molecule has 2 N–H and O–H groups in total. The highest BCUT2D eigenvalue weighted by Gasteiger charge is 2.12. The highest BCUT2D eigenvalue weighted by Crippen LogP contribution is 2.24. The summed E-state index contributed by atoms with van der Waals surface area (Å²) in [6, 6.07) is 7.63. The first-order valence-corrected chi connectivity index (χ1v) is 6.24. The highest BCUT2D eigenvalue weighted by atomic mass is 79.9. The molecule has 1 aromatic carbocycles. The molecule has 0 saturated heterocycles. The Kier molecular flexibility index (Phi) is 4.26. The van der Waals surface area contributed by atoms with Crippen LogP contribution in [0.15, 0.2) is 46.1 Å². The van der Waals surface area contributed by atoms with E-state index in [-0.39, 0.29) is 17.3 Å². The monoisotopic (exact) mass is 336 g/mol. The van der Waals surface area contributed by atoms with Crippen molar-refractivity contribution >= 4 is 33.6 Å². The molecule has 0 aliphatic heterocycles. The molecule has 0 bridgehead atoms. The summed E-state index contributed by atoms with van der Waals surface area (Å²) in [5, 5.41) is 24.0. The van der Waals surface area contributed by atoms with Crippen molar-refractivity contribution in [3.63, 3.8) is 0 Å². The van der Waals surface area contributed by atoms with Crippen molar-refractivity contribution in [3.05, 3.63) is 56.7 Å². The maximum atomic E-state index is 10.8. The fraction of sp³-hybridized carbons (Fsp3) is 0. The van der Waals surface area contributed by atoms with Gasteiger partial charge in [0.1, 0.15) is 5.75 Å². The van der Waals surface area contributed by atoms with Crippen molar-refractivity contribution < 1.29 is 10.0 Å². The van der Waals surface area contributed by atoms with Crippen molar-refractivity contribution in [3.8, 4) is 5.75 Å². The minimum Gasteiger partial charge on any atom is -0.507 e. The number of nitrogens with zero attached hydrogens (tertiary/aromatic N) is 3. The minimum absolute atomic E-state index is 0.0617. The topological polar surface area (TPSA) is 101 Å². The fourth-order valence-corrected chi connectivity index (χ4v) is 1.80. The van der Waals surface area contributed by atoms with E-state index in [4.69, 9.17) is 0 Å². The smallest absolute Gasteiger partial charge is 0.313 e. The van der Waals surface area contributed by atoms with Crippen molar-refractivity contribution in [2.75, 3.05) is 5.43 Å². The highest BCUT2D eigenvalue weighted by molar-refractivity contribution is 9.10. The molecule has 0 radical (unpaired) electrons. The lowest BCUT2D eigenvalue weighted by atomic mass is 10.2. The number of aromatic hydroxyl groups is 1. The Morgan fingerprint density at radius 3 is 2.95 bits per heavy atom. The number of pyridine rings is 1. The third-order valence-corrected chi connectivity index (χ3v) is 2.97. The molecule has 20 heavy (non-hydrogen) atoms. The van der Waals surface area contributed by atoms with Gasteiger partial charge in [-0.25, -0.2) is 4.98 Å². The number of hydrogen-bond donors (Lipinski definition) is 2. The molecule has 7 nitrogen and oxygen atoms in total. The van der Waals surface area contributed by atoms with Crippen LogP contribution in [0.1, 0.15) is 5.56 Å². The number of rotatable bonds is 4. The Labute approximate surface area is 122 Å². The first-order valence-electron chi connectivity index (χ1n) is 5.45. The SMILES string of the molecule is O=[N+]([O-])c1cccnc1N/N=C/c1ccc(O)c(Br)c1. The Morgan fingerprint density at radius 1 is 1.45 bits per heavy atom. The number of anilines is 1. The quantitative estimate of drug-likeness (QED) is 0.507. The normalized spacial score (nSPS) is 10.7. The molecule has 0 fully saturated rings. The van der Waals surface area contributed by atoms with Crippen LogP contribution in [0.5, 0.6) is 5.75 Å². The predicted octanol–water partition coefficient (Wildman–Crippen LogP) is 2.90. The van der Waals surface area contributed by atoms with Crippen molar-refractivity contribution in [1.82, 2.24) is 4.98 Å². The lowest BCUT2D eigenvalue weighted by Crippen LogP contribution is -1.98. The van der Waals surface area contributed by atoms with Gasteiger partial charge in [0.25, 0.3) is 0 Å². The molecule has 2 rings (SSSR count). The van der Waals surface area contributed by atoms with Crippen LogP contribution in [-0.2, 0) is 0 Å². The lowest BCUT2D eigenvalue weighted by Gasteiger charge is -2.00. The second kappa shape index (κ2) is 6.11. The van der Waals surface area contributed by atoms with Crippen LogP contribution in [0.25, 0.3) is 0 Å². The molecule has 102 valence electrons. The number of hydrogen-bond acceptors (Lipinski definition) is 6. The maximum Gasteiger partial charge on any atom is 0.313 e. The summed E-state index contributed by atoms with van der Waals surface area (Å²) in [6.07, 6.45) is 2.89. The van der Waals surface area contributed by atoms with Gasteiger partial charge in [0, 0.05) is 12.3 Å². The Morgan fingerprint density at radius 2 is 2.25 bits per heavy atom. The molecule has 1 aromatic heterocycles. The first kappa shape index (κ1) is 13.9. The standard InChI is InChI=1S/C12H9BrN4O3/c13-9-6-8(3-4-11(9)18)7-15-16-12-10(17(19)20)2-1-5-14-12/h1-7,18H,(H,14,16)/b15-7+. The van der Waals surface area contributed by atoms with Gasteiger partial charge in [-0.15, -0.1) is 0 Å². The van der Waals surface area contributed by atoms with Gasteiger partial charge in [0.15, 0.2) is 0 Å². The van der Waals surface area contributed by atoms with Crippen LogP contribution in [0.3, 0.4) is 0 Å². The number of hydrazone groups is 1. The van der Waals surface area contributed by atoms with Gasteiger partial charge in [-0.05, 0) is 45.8 Å². The van der Waals surface area contributed by atoms with E-state index in [0.29, 0.717) is 10.0 Å². The second-order valence-corrected chi connectivity index (χ2v) is 4.56. The molecule has 1 heterocycles. The fourth-order valence-electron chi connectivity index (χ4n) is 1.40.